The maximum absolute atomic E-state index is 9.91. The SMILES string of the molecule is CC(C)(C)c1nc(Cl)cc(N2C3CCC2CC(O)C3)n1. The maximum atomic E-state index is 9.91. The third-order valence-electron chi connectivity index (χ3n) is 4.32. The van der Waals surface area contributed by atoms with E-state index in [1.807, 2.05) is 6.07 Å². The average Bonchev–Trinajstić information content (AvgIpc) is 2.60. The molecule has 110 valence electrons. The van der Waals surface area contributed by atoms with Crippen LogP contribution >= 0.6 is 11.6 Å². The minimum absolute atomic E-state index is 0.117. The van der Waals surface area contributed by atoms with Gasteiger partial charge in [0, 0.05) is 23.6 Å². The van der Waals surface area contributed by atoms with E-state index in [1.165, 1.54) is 0 Å². The number of hydrogen-bond acceptors (Lipinski definition) is 4. The van der Waals surface area contributed by atoms with Gasteiger partial charge in [0.05, 0.1) is 6.10 Å². The quantitative estimate of drug-likeness (QED) is 0.809. The minimum Gasteiger partial charge on any atom is -0.393 e. The number of piperidine rings is 1. The van der Waals surface area contributed by atoms with Crippen molar-refractivity contribution in [2.45, 2.75) is 70.1 Å². The zero-order chi connectivity index (χ0) is 14.5. The Morgan fingerprint density at radius 2 is 1.80 bits per heavy atom. The first-order valence-electron chi connectivity index (χ1n) is 7.36. The van der Waals surface area contributed by atoms with Crippen molar-refractivity contribution in [2.24, 2.45) is 0 Å². The van der Waals surface area contributed by atoms with Crippen LogP contribution < -0.4 is 4.90 Å². The highest BCUT2D eigenvalue weighted by Crippen LogP contribution is 2.39. The number of anilines is 1. The van der Waals surface area contributed by atoms with E-state index in [1.54, 1.807) is 0 Å². The molecule has 0 aliphatic carbocycles. The molecule has 1 aromatic rings. The molecule has 2 saturated heterocycles. The van der Waals surface area contributed by atoms with Crippen LogP contribution in [0, 0.1) is 0 Å². The minimum atomic E-state index is -0.164. The van der Waals surface area contributed by atoms with Gasteiger partial charge in [0.1, 0.15) is 16.8 Å². The smallest absolute Gasteiger partial charge is 0.137 e. The molecule has 0 saturated carbocycles. The molecule has 0 aromatic carbocycles. The average molecular weight is 296 g/mol. The maximum Gasteiger partial charge on any atom is 0.137 e. The summed E-state index contributed by atoms with van der Waals surface area (Å²) < 4.78 is 0. The number of aliphatic hydroxyl groups is 1. The fourth-order valence-corrected chi connectivity index (χ4v) is 3.57. The Labute approximate surface area is 125 Å². The lowest BCUT2D eigenvalue weighted by atomic mass is 9.95. The second-order valence-corrected chi connectivity index (χ2v) is 7.43. The Morgan fingerprint density at radius 3 is 2.35 bits per heavy atom. The predicted molar refractivity (Wildman–Crippen MR) is 80.3 cm³/mol. The lowest BCUT2D eigenvalue weighted by molar-refractivity contribution is 0.126. The molecule has 2 fully saturated rings. The number of aromatic nitrogens is 2. The molecule has 20 heavy (non-hydrogen) atoms. The summed E-state index contributed by atoms with van der Waals surface area (Å²) in [6, 6.07) is 2.64. The lowest BCUT2D eigenvalue weighted by Gasteiger charge is -2.38. The van der Waals surface area contributed by atoms with Crippen molar-refractivity contribution in [2.75, 3.05) is 4.90 Å². The van der Waals surface area contributed by atoms with Gasteiger partial charge in [-0.2, -0.15) is 0 Å². The van der Waals surface area contributed by atoms with Gasteiger partial charge in [-0.1, -0.05) is 32.4 Å². The zero-order valence-electron chi connectivity index (χ0n) is 12.3. The fourth-order valence-electron chi connectivity index (χ4n) is 3.40. The number of nitrogens with zero attached hydrogens (tertiary/aromatic N) is 3. The van der Waals surface area contributed by atoms with E-state index in [0.29, 0.717) is 17.2 Å². The number of rotatable bonds is 1. The third kappa shape index (κ3) is 2.51. The summed E-state index contributed by atoms with van der Waals surface area (Å²) in [5.41, 5.74) is -0.117. The fraction of sp³-hybridized carbons (Fsp3) is 0.733. The molecule has 0 spiro atoms. The molecular weight excluding hydrogens is 274 g/mol. The molecule has 5 heteroatoms. The van der Waals surface area contributed by atoms with Crippen LogP contribution in [0.4, 0.5) is 5.82 Å². The van der Waals surface area contributed by atoms with Gasteiger partial charge in [-0.3, -0.25) is 0 Å². The van der Waals surface area contributed by atoms with Gasteiger partial charge < -0.3 is 10.0 Å². The van der Waals surface area contributed by atoms with Crippen LogP contribution in [0.3, 0.4) is 0 Å². The summed E-state index contributed by atoms with van der Waals surface area (Å²) in [5.74, 6) is 1.71. The standard InChI is InChI=1S/C15H22ClN3O/c1-15(2,3)14-17-12(16)8-13(18-14)19-9-4-5-10(19)7-11(20)6-9/h8-11,20H,4-7H2,1-3H3. The van der Waals surface area contributed by atoms with Gasteiger partial charge in [0.15, 0.2) is 0 Å². The summed E-state index contributed by atoms with van der Waals surface area (Å²) in [6.45, 7) is 6.28. The summed E-state index contributed by atoms with van der Waals surface area (Å²) >= 11 is 6.19. The van der Waals surface area contributed by atoms with Crippen LogP contribution in [-0.2, 0) is 5.41 Å². The first-order valence-corrected chi connectivity index (χ1v) is 7.74. The van der Waals surface area contributed by atoms with Gasteiger partial charge in [-0.25, -0.2) is 9.97 Å². The Morgan fingerprint density at radius 1 is 1.20 bits per heavy atom. The highest BCUT2D eigenvalue weighted by atomic mass is 35.5. The van der Waals surface area contributed by atoms with Crippen molar-refractivity contribution in [3.63, 3.8) is 0 Å². The van der Waals surface area contributed by atoms with Gasteiger partial charge >= 0.3 is 0 Å². The Balaban J connectivity index is 1.97. The van der Waals surface area contributed by atoms with Crippen LogP contribution in [0.15, 0.2) is 6.07 Å². The van der Waals surface area contributed by atoms with Gasteiger partial charge in [-0.15, -0.1) is 0 Å². The molecule has 2 atom stereocenters. The highest BCUT2D eigenvalue weighted by molar-refractivity contribution is 6.29. The van der Waals surface area contributed by atoms with Crippen LogP contribution in [0.2, 0.25) is 5.15 Å². The van der Waals surface area contributed by atoms with E-state index in [4.69, 9.17) is 16.6 Å². The molecule has 1 N–H and O–H groups in total. The summed E-state index contributed by atoms with van der Waals surface area (Å²) in [6.07, 6.45) is 3.78. The van der Waals surface area contributed by atoms with Crippen molar-refractivity contribution in [1.82, 2.24) is 9.97 Å². The van der Waals surface area contributed by atoms with E-state index in [-0.39, 0.29) is 11.5 Å². The number of fused-ring (bicyclic) bond motifs is 2. The van der Waals surface area contributed by atoms with Gasteiger partial charge in [0.2, 0.25) is 0 Å². The first kappa shape index (κ1) is 14.1. The number of aliphatic hydroxyl groups excluding tert-OH is 1. The van der Waals surface area contributed by atoms with E-state index < -0.39 is 0 Å². The van der Waals surface area contributed by atoms with Crippen LogP contribution in [0.5, 0.6) is 0 Å². The molecule has 0 radical (unpaired) electrons. The largest absolute Gasteiger partial charge is 0.393 e. The number of hydrogen-bond donors (Lipinski definition) is 1. The monoisotopic (exact) mass is 295 g/mol. The molecule has 4 nitrogen and oxygen atoms in total. The molecule has 3 heterocycles. The van der Waals surface area contributed by atoms with E-state index >= 15 is 0 Å². The van der Waals surface area contributed by atoms with Crippen molar-refractivity contribution >= 4 is 17.4 Å². The van der Waals surface area contributed by atoms with E-state index in [0.717, 1.165) is 37.3 Å². The van der Waals surface area contributed by atoms with Crippen molar-refractivity contribution < 1.29 is 5.11 Å². The Bertz CT molecular complexity index is 500. The molecule has 2 unspecified atom stereocenters. The second-order valence-electron chi connectivity index (χ2n) is 7.04. The van der Waals surface area contributed by atoms with Crippen LogP contribution in [-0.4, -0.2) is 33.3 Å². The van der Waals surface area contributed by atoms with E-state index in [9.17, 15) is 5.11 Å². The number of halogens is 1. The molecule has 2 aliphatic rings. The van der Waals surface area contributed by atoms with Gasteiger partial charge in [-0.05, 0) is 25.7 Å². The summed E-state index contributed by atoms with van der Waals surface area (Å²) in [5, 5.41) is 10.4. The normalized spacial score (nSPS) is 29.9. The summed E-state index contributed by atoms with van der Waals surface area (Å²) in [4.78, 5) is 11.5. The molecule has 1 aromatic heterocycles. The van der Waals surface area contributed by atoms with Crippen molar-refractivity contribution in [3.05, 3.63) is 17.0 Å². The van der Waals surface area contributed by atoms with Crippen LogP contribution in [0.25, 0.3) is 0 Å². The van der Waals surface area contributed by atoms with Gasteiger partial charge in [0.25, 0.3) is 0 Å². The lowest BCUT2D eigenvalue weighted by Crippen LogP contribution is -2.45. The molecule has 2 aliphatic heterocycles. The zero-order valence-corrected chi connectivity index (χ0v) is 13.1. The van der Waals surface area contributed by atoms with Crippen LogP contribution in [0.1, 0.15) is 52.3 Å². The second kappa shape index (κ2) is 4.85. The topological polar surface area (TPSA) is 49.2 Å². The predicted octanol–water partition coefficient (Wildman–Crippen LogP) is 2.92. The van der Waals surface area contributed by atoms with Crippen molar-refractivity contribution in [3.8, 4) is 0 Å². The Kier molecular flexibility index (Phi) is 3.41. The molecule has 2 bridgehead atoms. The summed E-state index contributed by atoms with van der Waals surface area (Å²) in [7, 11) is 0. The molecule has 3 rings (SSSR count). The third-order valence-corrected chi connectivity index (χ3v) is 4.52. The molecular formula is C15H22ClN3O. The van der Waals surface area contributed by atoms with Crippen molar-refractivity contribution in [1.29, 1.82) is 0 Å². The molecule has 0 amide bonds. The van der Waals surface area contributed by atoms with E-state index in [2.05, 4.69) is 30.7 Å². The Hall–Kier alpha value is -0.870. The first-order chi connectivity index (χ1) is 9.34. The highest BCUT2D eigenvalue weighted by Gasteiger charge is 2.41.